The van der Waals surface area contributed by atoms with Crippen LogP contribution in [0.1, 0.15) is 258 Å². The monoisotopic (exact) mass is 1160 g/mol. The van der Waals surface area contributed by atoms with Crippen molar-refractivity contribution < 1.29 is 49.3 Å². The van der Waals surface area contributed by atoms with Gasteiger partial charge >= 0.3 is 5.97 Å². The number of hydrogen-bond acceptors (Lipinski definition) is 10. The van der Waals surface area contributed by atoms with Gasteiger partial charge in [-0.25, -0.2) is 0 Å². The van der Waals surface area contributed by atoms with Crippen molar-refractivity contribution in [3.05, 3.63) is 122 Å². The zero-order valence-electron chi connectivity index (χ0n) is 52.5. The summed E-state index contributed by atoms with van der Waals surface area (Å²) in [5.41, 5.74) is 0. The first-order chi connectivity index (χ1) is 40.7. The average molecular weight is 1160 g/mol. The van der Waals surface area contributed by atoms with Crippen molar-refractivity contribution in [2.24, 2.45) is 0 Å². The van der Waals surface area contributed by atoms with E-state index >= 15 is 0 Å². The average Bonchev–Trinajstić information content (AvgIpc) is 3.67. The Morgan fingerprint density at radius 3 is 1.33 bits per heavy atom. The molecule has 0 aromatic heterocycles. The lowest BCUT2D eigenvalue weighted by atomic mass is 9.99. The highest BCUT2D eigenvalue weighted by molar-refractivity contribution is 5.80. The van der Waals surface area contributed by atoms with Gasteiger partial charge in [-0.2, -0.15) is 0 Å². The zero-order valence-corrected chi connectivity index (χ0v) is 52.5. The van der Waals surface area contributed by atoms with Crippen LogP contribution < -0.4 is 5.32 Å². The summed E-state index contributed by atoms with van der Waals surface area (Å²) in [6.07, 6.45) is 70.8. The lowest BCUT2D eigenvalue weighted by Gasteiger charge is -2.41. The predicted octanol–water partition coefficient (Wildman–Crippen LogP) is 16.6. The fourth-order valence-electron chi connectivity index (χ4n) is 9.60. The number of aliphatic hydroxyl groups is 5. The number of unbranched alkanes of at least 4 members (excludes halogenated alkanes) is 23. The number of amides is 1. The number of allylic oxidation sites excluding steroid dienone is 19. The standard InChI is InChI=1S/C72H121NO10/c1-4-7-10-13-16-19-22-24-26-28-30-31-32-33-34-35-36-38-40-42-45-48-51-54-57-60-67(77)83-70-69(79)68(78)66(61-74)82-72(70)81-62-63(64(75)58-55-52-49-46-43-21-18-15-12-9-6-3)73-71(80)65(76)59-56-53-50-47-44-41-39-37-29-27-25-23-20-17-14-11-8-5-2/h7,10,16-17,19-20,24-27,30-31,33-34,36-39,55,58,63-66,68-70,72,74-76,78-79H,4-6,8-9,11-15,18,21-23,28-29,32,35,40-54,56-57,59-62H2,1-3H3,(H,73,80)/b10-7-,19-16-,20-17-,26-24-,27-25-,31-30-,34-33-,38-36-,39-37-,58-55+. The summed E-state index contributed by atoms with van der Waals surface area (Å²) in [6.45, 7) is 5.62. The summed E-state index contributed by atoms with van der Waals surface area (Å²) < 4.78 is 17.6. The van der Waals surface area contributed by atoms with Gasteiger partial charge in [0.05, 0.1) is 25.4 Å². The van der Waals surface area contributed by atoms with Gasteiger partial charge in [-0.1, -0.05) is 258 Å². The van der Waals surface area contributed by atoms with Gasteiger partial charge in [0.2, 0.25) is 5.91 Å². The minimum atomic E-state index is -1.63. The van der Waals surface area contributed by atoms with Crippen LogP contribution in [0.5, 0.6) is 0 Å². The molecule has 0 radical (unpaired) electrons. The smallest absolute Gasteiger partial charge is 0.306 e. The number of rotatable bonds is 55. The minimum Gasteiger partial charge on any atom is -0.454 e. The van der Waals surface area contributed by atoms with Crippen LogP contribution in [0, 0.1) is 0 Å². The van der Waals surface area contributed by atoms with E-state index < -0.39 is 67.4 Å². The van der Waals surface area contributed by atoms with Crippen molar-refractivity contribution in [2.75, 3.05) is 13.2 Å². The normalized spacial score (nSPS) is 19.3. The molecule has 0 aromatic carbocycles. The van der Waals surface area contributed by atoms with Crippen LogP contribution in [0.4, 0.5) is 0 Å². The summed E-state index contributed by atoms with van der Waals surface area (Å²) >= 11 is 0. The molecule has 0 aromatic rings. The topological polar surface area (TPSA) is 175 Å². The third-order valence-electron chi connectivity index (χ3n) is 14.8. The SMILES string of the molecule is CC/C=C\C/C=C\C/C=C\C/C=C\C/C=C\C/C=C\CCCCCCCCC(=O)OC1C(OCC(NC(=O)C(O)CCCCCCC/C=C\C/C=C\C/C=C\CCCCC)C(O)/C=C/CCCCCCCCCCC)OC(CO)C(O)C1O. The first kappa shape index (κ1) is 77.1. The maximum atomic E-state index is 13.4. The Morgan fingerprint density at radius 1 is 0.482 bits per heavy atom. The van der Waals surface area contributed by atoms with E-state index in [1.165, 1.54) is 64.2 Å². The van der Waals surface area contributed by atoms with E-state index in [0.717, 1.165) is 148 Å². The molecule has 0 spiro atoms. The van der Waals surface area contributed by atoms with Crippen LogP contribution in [-0.4, -0.2) is 99.6 Å². The molecule has 8 atom stereocenters. The van der Waals surface area contributed by atoms with Gasteiger partial charge in [-0.3, -0.25) is 9.59 Å². The number of nitrogens with one attached hydrogen (secondary N) is 1. The molecule has 83 heavy (non-hydrogen) atoms. The molecule has 8 unspecified atom stereocenters. The highest BCUT2D eigenvalue weighted by Crippen LogP contribution is 2.26. The van der Waals surface area contributed by atoms with E-state index in [1.54, 1.807) is 6.08 Å². The third-order valence-corrected chi connectivity index (χ3v) is 14.8. The van der Waals surface area contributed by atoms with E-state index in [1.807, 2.05) is 6.08 Å². The Bertz CT molecular complexity index is 1810. The van der Waals surface area contributed by atoms with Crippen molar-refractivity contribution >= 4 is 11.9 Å². The summed E-state index contributed by atoms with van der Waals surface area (Å²) in [6, 6.07) is -1.04. The Hall–Kier alpha value is -3.94. The highest BCUT2D eigenvalue weighted by atomic mass is 16.7. The second-order valence-corrected chi connectivity index (χ2v) is 22.5. The Morgan fingerprint density at radius 2 is 0.867 bits per heavy atom. The van der Waals surface area contributed by atoms with Crippen molar-refractivity contribution in [3.63, 3.8) is 0 Å². The fourth-order valence-corrected chi connectivity index (χ4v) is 9.60. The van der Waals surface area contributed by atoms with Crippen LogP contribution in [-0.2, 0) is 23.8 Å². The Balaban J connectivity index is 2.63. The van der Waals surface area contributed by atoms with Gasteiger partial charge in [0.1, 0.15) is 24.4 Å². The number of carbonyl (C=O) groups excluding carboxylic acids is 2. The molecule has 11 heteroatoms. The lowest BCUT2D eigenvalue weighted by molar-refractivity contribution is -0.305. The van der Waals surface area contributed by atoms with Gasteiger partial charge in [0.25, 0.3) is 0 Å². The first-order valence-electron chi connectivity index (χ1n) is 33.3. The van der Waals surface area contributed by atoms with Crippen LogP contribution in [0.2, 0.25) is 0 Å². The van der Waals surface area contributed by atoms with Gasteiger partial charge in [0.15, 0.2) is 12.4 Å². The maximum absolute atomic E-state index is 13.4. The van der Waals surface area contributed by atoms with Crippen LogP contribution in [0.3, 0.4) is 0 Å². The molecule has 0 bridgehead atoms. The van der Waals surface area contributed by atoms with E-state index in [2.05, 4.69) is 135 Å². The third kappa shape index (κ3) is 46.0. The minimum absolute atomic E-state index is 0.0975. The maximum Gasteiger partial charge on any atom is 0.306 e. The molecule has 11 nitrogen and oxygen atoms in total. The van der Waals surface area contributed by atoms with E-state index in [-0.39, 0.29) is 19.4 Å². The lowest BCUT2D eigenvalue weighted by Crippen LogP contribution is -2.61. The van der Waals surface area contributed by atoms with Gasteiger partial charge in [-0.15, -0.1) is 0 Å². The molecule has 1 aliphatic rings. The van der Waals surface area contributed by atoms with Gasteiger partial charge < -0.3 is 45.1 Å². The molecule has 1 heterocycles. The van der Waals surface area contributed by atoms with Crippen molar-refractivity contribution in [2.45, 2.75) is 307 Å². The van der Waals surface area contributed by atoms with E-state index in [4.69, 9.17) is 14.2 Å². The molecular weight excluding hydrogens is 1040 g/mol. The first-order valence-corrected chi connectivity index (χ1v) is 33.3. The largest absolute Gasteiger partial charge is 0.454 e. The molecule has 1 aliphatic heterocycles. The summed E-state index contributed by atoms with van der Waals surface area (Å²) in [5.74, 6) is -1.23. The number of aliphatic hydroxyl groups excluding tert-OH is 5. The van der Waals surface area contributed by atoms with Crippen molar-refractivity contribution in [1.29, 1.82) is 0 Å². The van der Waals surface area contributed by atoms with E-state index in [9.17, 15) is 35.1 Å². The van der Waals surface area contributed by atoms with Crippen LogP contribution in [0.25, 0.3) is 0 Å². The highest BCUT2D eigenvalue weighted by Gasteiger charge is 2.47. The van der Waals surface area contributed by atoms with Gasteiger partial charge in [-0.05, 0) is 116 Å². The number of esters is 1. The molecular formula is C72H121NO10. The van der Waals surface area contributed by atoms with Crippen LogP contribution in [0.15, 0.2) is 122 Å². The quantitative estimate of drug-likeness (QED) is 0.0195. The van der Waals surface area contributed by atoms with Crippen LogP contribution >= 0.6 is 0 Å². The molecule has 1 amide bonds. The summed E-state index contributed by atoms with van der Waals surface area (Å²) in [5, 5.41) is 57.1. The Kier molecular flexibility index (Phi) is 54.3. The summed E-state index contributed by atoms with van der Waals surface area (Å²) in [7, 11) is 0. The second-order valence-electron chi connectivity index (χ2n) is 22.5. The van der Waals surface area contributed by atoms with E-state index in [0.29, 0.717) is 12.8 Å². The number of carbonyl (C=O) groups is 2. The Labute approximate surface area is 506 Å². The molecule has 1 saturated heterocycles. The number of ether oxygens (including phenoxy) is 3. The van der Waals surface area contributed by atoms with Crippen molar-refractivity contribution in [1.82, 2.24) is 5.32 Å². The zero-order chi connectivity index (χ0) is 60.3. The summed E-state index contributed by atoms with van der Waals surface area (Å²) in [4.78, 5) is 26.6. The molecule has 0 aliphatic carbocycles. The molecule has 6 N–H and O–H groups in total. The molecule has 1 rings (SSSR count). The van der Waals surface area contributed by atoms with Crippen molar-refractivity contribution in [3.8, 4) is 0 Å². The van der Waals surface area contributed by atoms with Gasteiger partial charge in [0, 0.05) is 6.42 Å². The number of hydrogen-bond donors (Lipinski definition) is 6. The molecule has 474 valence electrons. The molecule has 1 fully saturated rings. The fraction of sp³-hybridized carbons (Fsp3) is 0.694. The molecule has 0 saturated carbocycles. The second kappa shape index (κ2) is 58.4. The predicted molar refractivity (Wildman–Crippen MR) is 347 cm³/mol.